The Morgan fingerprint density at radius 2 is 2.17 bits per heavy atom. The number of allylic oxidation sites excluding steroid dienone is 3. The van der Waals surface area contributed by atoms with E-state index in [1.165, 1.54) is 0 Å². The van der Waals surface area contributed by atoms with Crippen LogP contribution in [0.2, 0.25) is 0 Å². The summed E-state index contributed by atoms with van der Waals surface area (Å²) in [5.74, 6) is -0.592. The van der Waals surface area contributed by atoms with E-state index in [4.69, 9.17) is 9.84 Å². The van der Waals surface area contributed by atoms with Crippen molar-refractivity contribution in [1.29, 1.82) is 0 Å². The average Bonchev–Trinajstić information content (AvgIpc) is 3.02. The van der Waals surface area contributed by atoms with Crippen molar-refractivity contribution in [1.82, 2.24) is 0 Å². The lowest BCUT2D eigenvalue weighted by atomic mass is 9.90. The van der Waals surface area contributed by atoms with Crippen molar-refractivity contribution in [3.63, 3.8) is 0 Å². The molecule has 1 aromatic carbocycles. The second-order valence-corrected chi connectivity index (χ2v) is 7.63. The van der Waals surface area contributed by atoms with Gasteiger partial charge in [-0.1, -0.05) is 41.6 Å². The molecule has 0 heterocycles. The fourth-order valence-corrected chi connectivity index (χ4v) is 3.59. The van der Waals surface area contributed by atoms with Gasteiger partial charge in [0.15, 0.2) is 0 Å². The lowest BCUT2D eigenvalue weighted by Crippen LogP contribution is -2.20. The smallest absolute Gasteiger partial charge is 0.303 e. The van der Waals surface area contributed by atoms with Gasteiger partial charge in [-0.15, -0.1) is 0 Å². The van der Waals surface area contributed by atoms with Crippen LogP contribution in [0, 0.1) is 18.8 Å². The highest BCUT2D eigenvalue weighted by molar-refractivity contribution is 5.90. The molecule has 0 aromatic heterocycles. The van der Waals surface area contributed by atoms with Crippen molar-refractivity contribution in [2.45, 2.75) is 51.2 Å². The number of aliphatic carboxylic acids is 1. The number of aliphatic hydroxyl groups excluding tert-OH is 2. The summed E-state index contributed by atoms with van der Waals surface area (Å²) in [6, 6.07) is 7.56. The third-order valence-electron chi connectivity index (χ3n) is 5.17. The van der Waals surface area contributed by atoms with Crippen LogP contribution in [0.15, 0.2) is 53.7 Å². The molecule has 4 atom stereocenters. The Hall–Kier alpha value is -2.64. The van der Waals surface area contributed by atoms with Crippen molar-refractivity contribution < 1.29 is 30.1 Å². The first-order valence-corrected chi connectivity index (χ1v) is 10.2. The van der Waals surface area contributed by atoms with Crippen LogP contribution in [-0.2, 0) is 4.79 Å². The number of carbonyl (C=O) groups is 1. The predicted octanol–water partition coefficient (Wildman–Crippen LogP) is 3.32. The Balaban J connectivity index is 1.90. The number of unbranched alkanes of at least 4 members (excludes halogenated alkanes) is 1. The van der Waals surface area contributed by atoms with Crippen LogP contribution < -0.4 is 4.74 Å². The lowest BCUT2D eigenvalue weighted by molar-refractivity contribution is -0.137. The van der Waals surface area contributed by atoms with Gasteiger partial charge in [0.1, 0.15) is 18.5 Å². The standard InChI is InChI=1S/C23H31NO6/c1-16-7-6-8-18(13-16)30-15-17(25)11-12-19-20(22(26)14-21(19)24-29)9-4-2-3-5-10-23(27)28/h2,4,6-8,11-13,17,19-20,22,25-26,29H,3,5,9-10,14-15H2,1H3,(H,27,28)/b4-2-,12-11+,24-21-/t17-,19-,20-,22+/m1/s1. The van der Waals surface area contributed by atoms with Gasteiger partial charge in [0.05, 0.1) is 11.8 Å². The van der Waals surface area contributed by atoms with Crippen LogP contribution in [0.4, 0.5) is 0 Å². The molecular formula is C23H31NO6. The van der Waals surface area contributed by atoms with Crippen molar-refractivity contribution in [2.75, 3.05) is 6.61 Å². The van der Waals surface area contributed by atoms with Crippen molar-refractivity contribution in [3.05, 3.63) is 54.1 Å². The summed E-state index contributed by atoms with van der Waals surface area (Å²) in [5, 5.41) is 41.9. The Morgan fingerprint density at radius 1 is 1.37 bits per heavy atom. The van der Waals surface area contributed by atoms with Crippen LogP contribution in [-0.4, -0.2) is 51.0 Å². The molecule has 0 radical (unpaired) electrons. The van der Waals surface area contributed by atoms with Crippen LogP contribution in [0.5, 0.6) is 5.75 Å². The van der Waals surface area contributed by atoms with Gasteiger partial charge in [0.2, 0.25) is 0 Å². The van der Waals surface area contributed by atoms with E-state index in [0.717, 1.165) is 5.56 Å². The molecule has 30 heavy (non-hydrogen) atoms. The van der Waals surface area contributed by atoms with E-state index in [1.807, 2.05) is 43.3 Å². The van der Waals surface area contributed by atoms with Crippen LogP contribution in [0.25, 0.3) is 0 Å². The molecule has 1 fully saturated rings. The Morgan fingerprint density at radius 3 is 2.87 bits per heavy atom. The van der Waals surface area contributed by atoms with Gasteiger partial charge in [-0.05, 0) is 43.9 Å². The van der Waals surface area contributed by atoms with Crippen molar-refractivity contribution >= 4 is 11.7 Å². The Labute approximate surface area is 177 Å². The fourth-order valence-electron chi connectivity index (χ4n) is 3.59. The Kier molecular flexibility index (Phi) is 9.57. The number of aliphatic hydroxyl groups is 2. The molecule has 1 saturated carbocycles. The number of oxime groups is 1. The highest BCUT2D eigenvalue weighted by atomic mass is 16.5. The first-order chi connectivity index (χ1) is 14.4. The van der Waals surface area contributed by atoms with Gasteiger partial charge in [-0.25, -0.2) is 0 Å². The summed E-state index contributed by atoms with van der Waals surface area (Å²) in [6.07, 6.45) is 7.92. The largest absolute Gasteiger partial charge is 0.491 e. The summed E-state index contributed by atoms with van der Waals surface area (Å²) in [5.41, 5.74) is 1.55. The van der Waals surface area contributed by atoms with Gasteiger partial charge >= 0.3 is 5.97 Å². The third-order valence-corrected chi connectivity index (χ3v) is 5.17. The number of hydrogen-bond acceptors (Lipinski definition) is 6. The number of carboxylic acids is 1. The second kappa shape index (κ2) is 12.1. The zero-order chi connectivity index (χ0) is 21.9. The molecule has 164 valence electrons. The van der Waals surface area contributed by atoms with E-state index < -0.39 is 18.2 Å². The van der Waals surface area contributed by atoms with Crippen LogP contribution in [0.3, 0.4) is 0 Å². The predicted molar refractivity (Wildman–Crippen MR) is 114 cm³/mol. The van der Waals surface area contributed by atoms with Crippen LogP contribution in [0.1, 0.15) is 37.7 Å². The van der Waals surface area contributed by atoms with Crippen LogP contribution >= 0.6 is 0 Å². The molecule has 7 heteroatoms. The lowest BCUT2D eigenvalue weighted by Gasteiger charge is -2.18. The molecule has 1 aromatic rings. The topological polar surface area (TPSA) is 120 Å². The fraction of sp³-hybridized carbons (Fsp3) is 0.478. The summed E-state index contributed by atoms with van der Waals surface area (Å²) in [6.45, 7) is 2.06. The highest BCUT2D eigenvalue weighted by Crippen LogP contribution is 2.34. The molecule has 0 bridgehead atoms. The summed E-state index contributed by atoms with van der Waals surface area (Å²) < 4.78 is 5.60. The van der Waals surface area contributed by atoms with Gasteiger partial charge < -0.3 is 25.3 Å². The average molecular weight is 418 g/mol. The number of ether oxygens (including phenoxy) is 1. The van der Waals surface area contributed by atoms with Gasteiger partial charge in [0, 0.05) is 24.7 Å². The van der Waals surface area contributed by atoms with E-state index in [1.54, 1.807) is 12.2 Å². The molecule has 0 aliphatic heterocycles. The van der Waals surface area contributed by atoms with Gasteiger partial charge in [0.25, 0.3) is 0 Å². The van der Waals surface area contributed by atoms with Gasteiger partial charge in [-0.2, -0.15) is 0 Å². The maximum Gasteiger partial charge on any atom is 0.303 e. The summed E-state index contributed by atoms with van der Waals surface area (Å²) >= 11 is 0. The third kappa shape index (κ3) is 7.65. The maximum absolute atomic E-state index is 10.5. The first kappa shape index (κ1) is 23.6. The normalized spacial score (nSPS) is 24.1. The minimum absolute atomic E-state index is 0.0922. The number of hydrogen-bond donors (Lipinski definition) is 4. The quantitative estimate of drug-likeness (QED) is 0.190. The molecule has 0 saturated heterocycles. The summed E-state index contributed by atoms with van der Waals surface area (Å²) in [4.78, 5) is 10.5. The van der Waals surface area contributed by atoms with Crippen molar-refractivity contribution in [3.8, 4) is 5.75 Å². The first-order valence-electron chi connectivity index (χ1n) is 10.2. The van der Waals surface area contributed by atoms with E-state index in [-0.39, 0.29) is 31.3 Å². The zero-order valence-electron chi connectivity index (χ0n) is 17.2. The van der Waals surface area contributed by atoms with E-state index in [2.05, 4.69) is 5.16 Å². The molecular weight excluding hydrogens is 386 g/mol. The highest BCUT2D eigenvalue weighted by Gasteiger charge is 2.38. The second-order valence-electron chi connectivity index (χ2n) is 7.63. The number of carboxylic acid groups (broad SMARTS) is 1. The SMILES string of the molecule is Cc1cccc(OC[C@H](O)/C=C/[C@H]2/C(=N\O)C[C@H](O)[C@@H]2C/C=C\CCCC(=O)O)c1. The monoisotopic (exact) mass is 417 g/mol. The molecule has 2 rings (SSSR count). The van der Waals surface area contributed by atoms with E-state index in [0.29, 0.717) is 30.7 Å². The maximum atomic E-state index is 10.5. The molecule has 0 amide bonds. The van der Waals surface area contributed by atoms with Gasteiger partial charge in [-0.3, -0.25) is 4.79 Å². The number of aryl methyl sites for hydroxylation is 1. The number of benzene rings is 1. The molecule has 4 N–H and O–H groups in total. The molecule has 7 nitrogen and oxygen atoms in total. The minimum Gasteiger partial charge on any atom is -0.491 e. The molecule has 0 spiro atoms. The number of rotatable bonds is 11. The minimum atomic E-state index is -0.838. The molecule has 1 aliphatic carbocycles. The molecule has 0 unspecified atom stereocenters. The van der Waals surface area contributed by atoms with E-state index in [9.17, 15) is 20.2 Å². The number of nitrogens with zero attached hydrogens (tertiary/aromatic N) is 1. The Bertz CT molecular complexity index is 773. The zero-order valence-corrected chi connectivity index (χ0v) is 17.2. The van der Waals surface area contributed by atoms with E-state index >= 15 is 0 Å². The van der Waals surface area contributed by atoms with Crippen molar-refractivity contribution in [2.24, 2.45) is 17.0 Å². The summed E-state index contributed by atoms with van der Waals surface area (Å²) in [7, 11) is 0. The molecule has 1 aliphatic rings.